The second kappa shape index (κ2) is 8.69. The van der Waals surface area contributed by atoms with E-state index in [2.05, 4.69) is 41.5 Å². The fourth-order valence-electron chi connectivity index (χ4n) is 3.40. The van der Waals surface area contributed by atoms with Crippen LogP contribution in [-0.4, -0.2) is 27.0 Å². The van der Waals surface area contributed by atoms with Gasteiger partial charge < -0.3 is 9.88 Å². The van der Waals surface area contributed by atoms with Crippen molar-refractivity contribution < 1.29 is 4.79 Å². The first-order valence-corrected chi connectivity index (χ1v) is 9.97. The van der Waals surface area contributed by atoms with Crippen LogP contribution < -0.4 is 5.32 Å². The van der Waals surface area contributed by atoms with Gasteiger partial charge in [0.05, 0.1) is 23.1 Å². The third kappa shape index (κ3) is 4.35. The maximum Gasteiger partial charge on any atom is 0.252 e. The number of aryl methyl sites for hydroxylation is 2. The van der Waals surface area contributed by atoms with Crippen molar-refractivity contribution in [1.29, 1.82) is 0 Å². The van der Waals surface area contributed by atoms with E-state index in [-0.39, 0.29) is 5.91 Å². The molecule has 0 bridgehead atoms. The second-order valence-electron chi connectivity index (χ2n) is 7.03. The van der Waals surface area contributed by atoms with E-state index in [0.29, 0.717) is 12.1 Å². The minimum atomic E-state index is -0.0688. The molecular weight excluding hydrogens is 360 g/mol. The van der Waals surface area contributed by atoms with E-state index in [1.54, 1.807) is 12.5 Å². The number of para-hydroxylation sites is 1. The van der Waals surface area contributed by atoms with Crippen LogP contribution in [0.1, 0.15) is 29.3 Å². The highest BCUT2D eigenvalue weighted by Crippen LogP contribution is 2.25. The van der Waals surface area contributed by atoms with Gasteiger partial charge in [-0.25, -0.2) is 9.97 Å². The molecule has 2 heterocycles. The zero-order valence-corrected chi connectivity index (χ0v) is 16.5. The summed E-state index contributed by atoms with van der Waals surface area (Å²) in [4.78, 5) is 21.8. The molecule has 0 unspecified atom stereocenters. The van der Waals surface area contributed by atoms with Crippen LogP contribution in [0, 0.1) is 0 Å². The molecule has 0 atom stereocenters. The van der Waals surface area contributed by atoms with Crippen LogP contribution in [0.15, 0.2) is 73.3 Å². The van der Waals surface area contributed by atoms with E-state index in [4.69, 9.17) is 4.98 Å². The van der Waals surface area contributed by atoms with Gasteiger partial charge in [0.25, 0.3) is 5.91 Å². The van der Waals surface area contributed by atoms with Gasteiger partial charge in [-0.3, -0.25) is 4.79 Å². The lowest BCUT2D eigenvalue weighted by atomic mass is 10.0. The van der Waals surface area contributed by atoms with Gasteiger partial charge in [0.2, 0.25) is 0 Å². The summed E-state index contributed by atoms with van der Waals surface area (Å²) in [6, 6.07) is 18.1. The first kappa shape index (κ1) is 18.9. The van der Waals surface area contributed by atoms with Crippen LogP contribution >= 0.6 is 0 Å². The van der Waals surface area contributed by atoms with Crippen molar-refractivity contribution in [3.8, 4) is 11.3 Å². The summed E-state index contributed by atoms with van der Waals surface area (Å²) in [5.41, 5.74) is 4.60. The molecule has 2 aromatic carbocycles. The molecule has 5 heteroatoms. The number of nitrogens with zero attached hydrogens (tertiary/aromatic N) is 3. The van der Waals surface area contributed by atoms with E-state index >= 15 is 0 Å². The molecule has 0 aliphatic heterocycles. The Kier molecular flexibility index (Phi) is 5.66. The van der Waals surface area contributed by atoms with Gasteiger partial charge in [0.15, 0.2) is 0 Å². The van der Waals surface area contributed by atoms with Crippen molar-refractivity contribution in [2.45, 2.75) is 26.3 Å². The fraction of sp³-hybridized carbons (Fsp3) is 0.208. The molecular formula is C24H24N4O. The molecule has 0 aliphatic rings. The van der Waals surface area contributed by atoms with Gasteiger partial charge >= 0.3 is 0 Å². The van der Waals surface area contributed by atoms with Crippen molar-refractivity contribution in [3.05, 3.63) is 84.4 Å². The Labute approximate surface area is 170 Å². The van der Waals surface area contributed by atoms with Gasteiger partial charge in [-0.15, -0.1) is 0 Å². The molecule has 1 amide bonds. The Morgan fingerprint density at radius 2 is 1.93 bits per heavy atom. The zero-order chi connectivity index (χ0) is 20.1. The smallest absolute Gasteiger partial charge is 0.252 e. The minimum absolute atomic E-state index is 0.0688. The van der Waals surface area contributed by atoms with Crippen molar-refractivity contribution in [3.63, 3.8) is 0 Å². The van der Waals surface area contributed by atoms with Crippen LogP contribution in [0.5, 0.6) is 0 Å². The van der Waals surface area contributed by atoms with Crippen LogP contribution in [0.25, 0.3) is 22.2 Å². The molecule has 5 nitrogen and oxygen atoms in total. The van der Waals surface area contributed by atoms with Crippen molar-refractivity contribution in [2.75, 3.05) is 6.54 Å². The predicted octanol–water partition coefficient (Wildman–Crippen LogP) is 4.48. The molecule has 0 fully saturated rings. The Morgan fingerprint density at radius 1 is 1.10 bits per heavy atom. The van der Waals surface area contributed by atoms with Gasteiger partial charge in [-0.1, -0.05) is 49.4 Å². The summed E-state index contributed by atoms with van der Waals surface area (Å²) in [5.74, 6) is -0.0688. The average molecular weight is 384 g/mol. The number of hydrogen-bond donors (Lipinski definition) is 1. The second-order valence-corrected chi connectivity index (χ2v) is 7.03. The molecule has 1 N–H and O–H groups in total. The standard InChI is InChI=1S/C24H24N4O/c1-2-18-8-10-19(11-9-18)23-16-21(20-6-3-4-7-22(20)27-23)24(29)26-12-5-14-28-15-13-25-17-28/h3-4,6-11,13,15-17H,2,5,12,14H2,1H3,(H,26,29). The molecule has 0 radical (unpaired) electrons. The Balaban J connectivity index is 1.57. The SMILES string of the molecule is CCc1ccc(-c2cc(C(=O)NCCCn3ccnc3)c3ccccc3n2)cc1. The first-order chi connectivity index (χ1) is 14.2. The van der Waals surface area contributed by atoms with Crippen LogP contribution in [0.3, 0.4) is 0 Å². The lowest BCUT2D eigenvalue weighted by molar-refractivity contribution is 0.0954. The molecule has 0 saturated carbocycles. The Hall–Kier alpha value is -3.47. The van der Waals surface area contributed by atoms with E-state index in [1.165, 1.54) is 5.56 Å². The number of rotatable bonds is 7. The number of imidazole rings is 1. The van der Waals surface area contributed by atoms with E-state index in [9.17, 15) is 4.79 Å². The molecule has 4 aromatic rings. The van der Waals surface area contributed by atoms with Gasteiger partial charge in [0.1, 0.15) is 0 Å². The normalized spacial score (nSPS) is 10.9. The minimum Gasteiger partial charge on any atom is -0.352 e. The number of carbonyl (C=O) groups excluding carboxylic acids is 1. The highest BCUT2D eigenvalue weighted by Gasteiger charge is 2.13. The third-order valence-corrected chi connectivity index (χ3v) is 5.06. The zero-order valence-electron chi connectivity index (χ0n) is 16.5. The topological polar surface area (TPSA) is 59.8 Å². The summed E-state index contributed by atoms with van der Waals surface area (Å²) in [7, 11) is 0. The van der Waals surface area contributed by atoms with Crippen molar-refractivity contribution >= 4 is 16.8 Å². The number of pyridine rings is 1. The highest BCUT2D eigenvalue weighted by atomic mass is 16.1. The number of benzene rings is 2. The number of aromatic nitrogens is 3. The summed E-state index contributed by atoms with van der Waals surface area (Å²) in [5, 5.41) is 3.92. The van der Waals surface area contributed by atoms with Crippen LogP contribution in [0.2, 0.25) is 0 Å². The largest absolute Gasteiger partial charge is 0.352 e. The number of carbonyl (C=O) groups is 1. The van der Waals surface area contributed by atoms with Crippen molar-refractivity contribution in [1.82, 2.24) is 19.9 Å². The molecule has 0 aliphatic carbocycles. The summed E-state index contributed by atoms with van der Waals surface area (Å²) < 4.78 is 2.01. The molecule has 0 spiro atoms. The van der Waals surface area contributed by atoms with Crippen LogP contribution in [-0.2, 0) is 13.0 Å². The van der Waals surface area contributed by atoms with E-state index in [0.717, 1.165) is 41.5 Å². The van der Waals surface area contributed by atoms with E-state index in [1.807, 2.05) is 41.1 Å². The van der Waals surface area contributed by atoms with Crippen LogP contribution in [0.4, 0.5) is 0 Å². The Morgan fingerprint density at radius 3 is 2.69 bits per heavy atom. The number of nitrogens with one attached hydrogen (secondary N) is 1. The quantitative estimate of drug-likeness (QED) is 0.478. The van der Waals surface area contributed by atoms with Gasteiger partial charge in [-0.2, -0.15) is 0 Å². The summed E-state index contributed by atoms with van der Waals surface area (Å²) >= 11 is 0. The summed E-state index contributed by atoms with van der Waals surface area (Å²) in [6.45, 7) is 3.57. The van der Waals surface area contributed by atoms with E-state index < -0.39 is 0 Å². The first-order valence-electron chi connectivity index (χ1n) is 9.97. The lowest BCUT2D eigenvalue weighted by Crippen LogP contribution is -2.25. The maximum atomic E-state index is 12.9. The predicted molar refractivity (Wildman–Crippen MR) is 116 cm³/mol. The molecule has 29 heavy (non-hydrogen) atoms. The molecule has 2 aromatic heterocycles. The number of hydrogen-bond acceptors (Lipinski definition) is 3. The third-order valence-electron chi connectivity index (χ3n) is 5.06. The molecule has 146 valence electrons. The lowest BCUT2D eigenvalue weighted by Gasteiger charge is -2.11. The summed E-state index contributed by atoms with van der Waals surface area (Å²) in [6.07, 6.45) is 7.31. The van der Waals surface area contributed by atoms with Gasteiger partial charge in [-0.05, 0) is 30.5 Å². The fourth-order valence-corrected chi connectivity index (χ4v) is 3.40. The number of fused-ring (bicyclic) bond motifs is 1. The number of amides is 1. The Bertz CT molecular complexity index is 1100. The van der Waals surface area contributed by atoms with Gasteiger partial charge in [0, 0.05) is 36.4 Å². The maximum absolute atomic E-state index is 12.9. The average Bonchev–Trinajstić information content (AvgIpc) is 3.29. The molecule has 0 saturated heterocycles. The molecule has 4 rings (SSSR count). The van der Waals surface area contributed by atoms with Crippen molar-refractivity contribution in [2.24, 2.45) is 0 Å². The monoisotopic (exact) mass is 384 g/mol. The highest BCUT2D eigenvalue weighted by molar-refractivity contribution is 6.07.